The Labute approximate surface area is 122 Å². The summed E-state index contributed by atoms with van der Waals surface area (Å²) in [6.07, 6.45) is 0. The number of hydrogen-bond acceptors (Lipinski definition) is 6. The lowest BCUT2D eigenvalue weighted by Gasteiger charge is -2.04. The fraction of sp³-hybridized carbons (Fsp3) is 0. The summed E-state index contributed by atoms with van der Waals surface area (Å²) in [7, 11) is 0. The number of phenolic OH excluding ortho intramolecular Hbond substituents is 1. The predicted molar refractivity (Wildman–Crippen MR) is 78.5 cm³/mol. The second-order valence-electron chi connectivity index (χ2n) is 3.97. The van der Waals surface area contributed by atoms with E-state index in [-0.39, 0.29) is 11.4 Å². The van der Waals surface area contributed by atoms with Crippen LogP contribution in [0.3, 0.4) is 0 Å². The zero-order valence-electron chi connectivity index (χ0n) is 10.0. The van der Waals surface area contributed by atoms with Crippen molar-refractivity contribution in [1.82, 2.24) is 4.98 Å². The van der Waals surface area contributed by atoms with E-state index >= 15 is 0 Å². The quantitative estimate of drug-likeness (QED) is 0.583. The summed E-state index contributed by atoms with van der Waals surface area (Å²) in [6, 6.07) is 10.2. The predicted octanol–water partition coefficient (Wildman–Crippen LogP) is 4.06. The second-order valence-corrected chi connectivity index (χ2v) is 5.97. The van der Waals surface area contributed by atoms with Crippen LogP contribution in [0.2, 0.25) is 0 Å². The number of nitro groups is 1. The smallest absolute Gasteiger partial charge is 0.310 e. The van der Waals surface area contributed by atoms with Gasteiger partial charge in [-0.3, -0.25) is 10.1 Å². The van der Waals surface area contributed by atoms with Crippen LogP contribution in [0.4, 0.5) is 5.69 Å². The topological polar surface area (TPSA) is 76.3 Å². The van der Waals surface area contributed by atoms with Gasteiger partial charge in [0.1, 0.15) is 5.75 Å². The second kappa shape index (κ2) is 5.10. The molecule has 0 fully saturated rings. The van der Waals surface area contributed by atoms with E-state index in [9.17, 15) is 15.2 Å². The first-order valence-electron chi connectivity index (χ1n) is 5.62. The molecule has 20 heavy (non-hydrogen) atoms. The molecule has 2 aromatic carbocycles. The zero-order chi connectivity index (χ0) is 14.1. The molecule has 3 aromatic rings. The number of nitro benzene ring substituents is 1. The minimum Gasteiger partial charge on any atom is -0.508 e. The van der Waals surface area contributed by atoms with E-state index in [0.29, 0.717) is 10.4 Å². The highest BCUT2D eigenvalue weighted by Crippen LogP contribution is 2.40. The van der Waals surface area contributed by atoms with E-state index in [1.165, 1.54) is 23.1 Å². The maximum atomic E-state index is 11.3. The summed E-state index contributed by atoms with van der Waals surface area (Å²) in [5.74, 6) is 0.132. The molecule has 0 bridgehead atoms. The summed E-state index contributed by atoms with van der Waals surface area (Å²) in [4.78, 5) is 16.2. The van der Waals surface area contributed by atoms with Gasteiger partial charge in [-0.15, -0.1) is 11.3 Å². The van der Waals surface area contributed by atoms with Gasteiger partial charge in [0.05, 0.1) is 20.0 Å². The van der Waals surface area contributed by atoms with Crippen molar-refractivity contribution >= 4 is 39.0 Å². The third-order valence-electron chi connectivity index (χ3n) is 2.67. The molecule has 1 heterocycles. The third-order valence-corrected chi connectivity index (χ3v) is 4.50. The summed E-state index contributed by atoms with van der Waals surface area (Å²) in [5.41, 5.74) is 2.02. The molecule has 1 aromatic heterocycles. The number of rotatable bonds is 3. The van der Waals surface area contributed by atoms with Crippen molar-refractivity contribution in [3.8, 4) is 5.75 Å². The molecular weight excluding hydrogens is 296 g/mol. The van der Waals surface area contributed by atoms with Crippen LogP contribution in [-0.4, -0.2) is 15.0 Å². The minimum absolute atomic E-state index is 0.0112. The summed E-state index contributed by atoms with van der Waals surface area (Å²) in [6.45, 7) is 0. The Morgan fingerprint density at radius 2 is 2.15 bits per heavy atom. The highest BCUT2D eigenvalue weighted by atomic mass is 32.2. The molecule has 0 saturated heterocycles. The largest absolute Gasteiger partial charge is 0.508 e. The number of nitrogens with zero attached hydrogens (tertiary/aromatic N) is 2. The van der Waals surface area contributed by atoms with Crippen LogP contribution in [0.15, 0.2) is 51.7 Å². The van der Waals surface area contributed by atoms with Crippen molar-refractivity contribution < 1.29 is 10.0 Å². The van der Waals surface area contributed by atoms with E-state index in [0.717, 1.165) is 9.60 Å². The highest BCUT2D eigenvalue weighted by Gasteiger charge is 2.21. The molecule has 3 rings (SSSR count). The molecule has 0 amide bonds. The average Bonchev–Trinajstić information content (AvgIpc) is 2.86. The number of thiazole rings is 1. The maximum absolute atomic E-state index is 11.3. The molecule has 0 aliphatic carbocycles. The molecule has 1 N–H and O–H groups in total. The van der Waals surface area contributed by atoms with Gasteiger partial charge < -0.3 is 5.11 Å². The molecule has 0 aliphatic rings. The van der Waals surface area contributed by atoms with E-state index in [2.05, 4.69) is 4.98 Å². The maximum Gasteiger partial charge on any atom is 0.310 e. The first-order chi connectivity index (χ1) is 9.65. The van der Waals surface area contributed by atoms with Gasteiger partial charge in [0.2, 0.25) is 0 Å². The van der Waals surface area contributed by atoms with Crippen LogP contribution in [0.1, 0.15) is 0 Å². The molecule has 0 atom stereocenters. The van der Waals surface area contributed by atoms with Gasteiger partial charge in [-0.25, -0.2) is 4.98 Å². The average molecular weight is 304 g/mol. The fourth-order valence-corrected chi connectivity index (χ4v) is 3.49. The highest BCUT2D eigenvalue weighted by molar-refractivity contribution is 7.99. The van der Waals surface area contributed by atoms with Crippen LogP contribution in [0, 0.1) is 10.1 Å². The number of fused-ring (bicyclic) bond motifs is 1. The molecular formula is C13H8N2O3S2. The van der Waals surface area contributed by atoms with Crippen molar-refractivity contribution in [3.63, 3.8) is 0 Å². The normalized spacial score (nSPS) is 10.8. The Bertz CT molecular complexity index is 801. The molecule has 0 radical (unpaired) electrons. The number of hydrogen-bond donors (Lipinski definition) is 1. The van der Waals surface area contributed by atoms with Crippen molar-refractivity contribution in [2.45, 2.75) is 9.79 Å². The molecule has 0 spiro atoms. The van der Waals surface area contributed by atoms with Crippen LogP contribution in [-0.2, 0) is 0 Å². The number of phenols is 1. The van der Waals surface area contributed by atoms with Crippen molar-refractivity contribution in [2.75, 3.05) is 0 Å². The van der Waals surface area contributed by atoms with Gasteiger partial charge in [-0.05, 0) is 30.3 Å². The molecule has 5 nitrogen and oxygen atoms in total. The molecule has 100 valence electrons. The van der Waals surface area contributed by atoms with Crippen molar-refractivity contribution in [1.29, 1.82) is 0 Å². The Kier molecular flexibility index (Phi) is 3.29. The lowest BCUT2D eigenvalue weighted by molar-refractivity contribution is -0.386. The van der Waals surface area contributed by atoms with Gasteiger partial charge in [0.25, 0.3) is 0 Å². The Balaban J connectivity index is 2.11. The van der Waals surface area contributed by atoms with Crippen molar-refractivity contribution in [3.05, 3.63) is 52.0 Å². The summed E-state index contributed by atoms with van der Waals surface area (Å²) >= 11 is 2.61. The Morgan fingerprint density at radius 3 is 2.90 bits per heavy atom. The van der Waals surface area contributed by atoms with Crippen LogP contribution >= 0.6 is 23.1 Å². The minimum atomic E-state index is -0.410. The Morgan fingerprint density at radius 1 is 1.30 bits per heavy atom. The van der Waals surface area contributed by atoms with Gasteiger partial charge in [-0.1, -0.05) is 17.8 Å². The number of aromatic nitrogens is 1. The van der Waals surface area contributed by atoms with E-state index in [1.54, 1.807) is 35.8 Å². The van der Waals surface area contributed by atoms with Gasteiger partial charge in [-0.2, -0.15) is 0 Å². The fourth-order valence-electron chi connectivity index (χ4n) is 1.83. The zero-order valence-corrected chi connectivity index (χ0v) is 11.6. The molecule has 0 saturated carbocycles. The first-order valence-corrected chi connectivity index (χ1v) is 7.32. The SMILES string of the molecule is O=[N+]([O-])c1c(Sc2cccc(O)c2)ccc2scnc12. The summed E-state index contributed by atoms with van der Waals surface area (Å²) < 4.78 is 0.789. The molecule has 7 heteroatoms. The first kappa shape index (κ1) is 12.9. The van der Waals surface area contributed by atoms with E-state index in [4.69, 9.17) is 0 Å². The third kappa shape index (κ3) is 2.33. The van der Waals surface area contributed by atoms with Crippen LogP contribution in [0.25, 0.3) is 10.2 Å². The van der Waals surface area contributed by atoms with Gasteiger partial charge in [0, 0.05) is 4.90 Å². The molecule has 0 aliphatic heterocycles. The summed E-state index contributed by atoms with van der Waals surface area (Å²) in [5, 5.41) is 20.7. The Hall–Kier alpha value is -2.12. The van der Waals surface area contributed by atoms with E-state index < -0.39 is 4.92 Å². The van der Waals surface area contributed by atoms with Gasteiger partial charge in [0.15, 0.2) is 5.52 Å². The van der Waals surface area contributed by atoms with Crippen LogP contribution in [0.5, 0.6) is 5.75 Å². The van der Waals surface area contributed by atoms with E-state index in [1.807, 2.05) is 6.07 Å². The number of benzene rings is 2. The monoisotopic (exact) mass is 304 g/mol. The lowest BCUT2D eigenvalue weighted by atomic mass is 10.3. The standard InChI is InChI=1S/C13H8N2O3S2/c16-8-2-1-3-9(6-8)20-11-5-4-10-12(14-7-19-10)13(11)15(17)18/h1-7,16H. The van der Waals surface area contributed by atoms with Crippen molar-refractivity contribution in [2.24, 2.45) is 0 Å². The lowest BCUT2D eigenvalue weighted by Crippen LogP contribution is -1.92. The van der Waals surface area contributed by atoms with Gasteiger partial charge >= 0.3 is 5.69 Å². The molecule has 0 unspecified atom stereocenters. The van der Waals surface area contributed by atoms with Crippen LogP contribution < -0.4 is 0 Å². The number of aromatic hydroxyl groups is 1.